The molecule has 0 radical (unpaired) electrons. The number of nitrogens with one attached hydrogen (secondary N) is 1. The number of aryl methyl sites for hydroxylation is 2. The van der Waals surface area contributed by atoms with Gasteiger partial charge in [0, 0.05) is 38.2 Å². The van der Waals surface area contributed by atoms with E-state index < -0.39 is 0 Å². The van der Waals surface area contributed by atoms with Crippen molar-refractivity contribution >= 4 is 16.9 Å². The van der Waals surface area contributed by atoms with E-state index in [0.29, 0.717) is 13.0 Å². The second-order valence-electron chi connectivity index (χ2n) is 6.85. The maximum absolute atomic E-state index is 12.6. The van der Waals surface area contributed by atoms with Gasteiger partial charge in [0.15, 0.2) is 0 Å². The van der Waals surface area contributed by atoms with Crippen LogP contribution in [0.25, 0.3) is 11.0 Å². The number of hydrogen-bond acceptors (Lipinski definition) is 3. The number of imidazole rings is 1. The zero-order valence-corrected chi connectivity index (χ0v) is 14.5. The average Bonchev–Trinajstić information content (AvgIpc) is 3.25. The van der Waals surface area contributed by atoms with Crippen LogP contribution in [-0.2, 0) is 11.3 Å². The van der Waals surface area contributed by atoms with Crippen molar-refractivity contribution in [3.8, 4) is 0 Å². The molecule has 1 atom stereocenters. The SMILES string of the molecule is Cc1cnn(CCC(=O)N2CCC[C@@H](c3nc4ccccc4[nH]3)C2)c1. The number of amides is 1. The predicted molar refractivity (Wildman–Crippen MR) is 96.2 cm³/mol. The van der Waals surface area contributed by atoms with Crippen molar-refractivity contribution in [1.82, 2.24) is 24.6 Å². The number of hydrogen-bond donors (Lipinski definition) is 1. The number of aromatic amines is 1. The molecule has 6 heteroatoms. The number of nitrogens with zero attached hydrogens (tertiary/aromatic N) is 4. The Bertz CT molecular complexity index is 848. The molecule has 1 N–H and O–H groups in total. The first-order valence-corrected chi connectivity index (χ1v) is 8.90. The van der Waals surface area contributed by atoms with Crippen LogP contribution in [0.2, 0.25) is 0 Å². The first kappa shape index (κ1) is 15.9. The Morgan fingerprint density at radius 1 is 1.36 bits per heavy atom. The summed E-state index contributed by atoms with van der Waals surface area (Å²) in [6, 6.07) is 8.08. The summed E-state index contributed by atoms with van der Waals surface area (Å²) in [5, 5.41) is 4.25. The minimum Gasteiger partial charge on any atom is -0.342 e. The summed E-state index contributed by atoms with van der Waals surface area (Å²) >= 11 is 0. The molecule has 1 aliphatic heterocycles. The number of aromatic nitrogens is 4. The van der Waals surface area contributed by atoms with Crippen LogP contribution in [0.4, 0.5) is 0 Å². The van der Waals surface area contributed by atoms with Gasteiger partial charge in [-0.3, -0.25) is 9.48 Å². The van der Waals surface area contributed by atoms with E-state index in [1.165, 1.54) is 0 Å². The monoisotopic (exact) mass is 337 g/mol. The van der Waals surface area contributed by atoms with Gasteiger partial charge in [0.2, 0.25) is 5.91 Å². The smallest absolute Gasteiger partial charge is 0.224 e. The van der Waals surface area contributed by atoms with Gasteiger partial charge in [-0.1, -0.05) is 12.1 Å². The minimum absolute atomic E-state index is 0.203. The maximum atomic E-state index is 12.6. The third-order valence-corrected chi connectivity index (χ3v) is 4.89. The minimum atomic E-state index is 0.203. The molecule has 130 valence electrons. The molecule has 0 bridgehead atoms. The van der Waals surface area contributed by atoms with Gasteiger partial charge in [0.05, 0.1) is 17.2 Å². The van der Waals surface area contributed by atoms with Crippen LogP contribution in [0.15, 0.2) is 36.7 Å². The quantitative estimate of drug-likeness (QED) is 0.796. The number of fused-ring (bicyclic) bond motifs is 1. The first-order chi connectivity index (χ1) is 12.2. The highest BCUT2D eigenvalue weighted by Gasteiger charge is 2.26. The highest BCUT2D eigenvalue weighted by molar-refractivity contribution is 5.76. The molecular formula is C19H23N5O. The lowest BCUT2D eigenvalue weighted by Gasteiger charge is -2.32. The molecule has 0 saturated carbocycles. The van der Waals surface area contributed by atoms with E-state index in [0.717, 1.165) is 48.4 Å². The van der Waals surface area contributed by atoms with Gasteiger partial charge < -0.3 is 9.88 Å². The normalized spacial score (nSPS) is 18.0. The number of rotatable bonds is 4. The molecular weight excluding hydrogens is 314 g/mol. The Balaban J connectivity index is 1.40. The van der Waals surface area contributed by atoms with Crippen LogP contribution in [0, 0.1) is 6.92 Å². The van der Waals surface area contributed by atoms with Crippen molar-refractivity contribution in [2.75, 3.05) is 13.1 Å². The Labute approximate surface area is 146 Å². The molecule has 1 amide bonds. The number of piperidine rings is 1. The number of para-hydroxylation sites is 2. The lowest BCUT2D eigenvalue weighted by Crippen LogP contribution is -2.39. The molecule has 1 saturated heterocycles. The van der Waals surface area contributed by atoms with E-state index >= 15 is 0 Å². The molecule has 1 aliphatic rings. The number of H-pyrrole nitrogens is 1. The van der Waals surface area contributed by atoms with Crippen LogP contribution < -0.4 is 0 Å². The Hall–Kier alpha value is -2.63. The van der Waals surface area contributed by atoms with Gasteiger partial charge in [-0.25, -0.2) is 4.98 Å². The fourth-order valence-electron chi connectivity index (χ4n) is 3.55. The van der Waals surface area contributed by atoms with Gasteiger partial charge in [0.25, 0.3) is 0 Å². The molecule has 6 nitrogen and oxygen atoms in total. The second kappa shape index (κ2) is 6.70. The summed E-state index contributed by atoms with van der Waals surface area (Å²) < 4.78 is 1.84. The van der Waals surface area contributed by atoms with Crippen LogP contribution >= 0.6 is 0 Å². The summed E-state index contributed by atoms with van der Waals surface area (Å²) in [4.78, 5) is 22.7. The van der Waals surface area contributed by atoms with Crippen molar-refractivity contribution in [2.45, 2.75) is 38.6 Å². The number of carbonyl (C=O) groups excluding carboxylic acids is 1. The van der Waals surface area contributed by atoms with Crippen LogP contribution in [0.5, 0.6) is 0 Å². The summed E-state index contributed by atoms with van der Waals surface area (Å²) in [5.74, 6) is 1.49. The molecule has 3 heterocycles. The third-order valence-electron chi connectivity index (χ3n) is 4.89. The molecule has 3 aromatic rings. The topological polar surface area (TPSA) is 66.8 Å². The Morgan fingerprint density at radius 2 is 2.24 bits per heavy atom. The fourth-order valence-corrected chi connectivity index (χ4v) is 3.55. The molecule has 1 fully saturated rings. The van der Waals surface area contributed by atoms with Gasteiger partial charge in [-0.2, -0.15) is 5.10 Å². The summed E-state index contributed by atoms with van der Waals surface area (Å²) in [7, 11) is 0. The van der Waals surface area contributed by atoms with E-state index in [1.807, 2.05) is 53.2 Å². The van der Waals surface area contributed by atoms with Gasteiger partial charge in [0.1, 0.15) is 5.82 Å². The number of benzene rings is 1. The van der Waals surface area contributed by atoms with Crippen molar-refractivity contribution in [1.29, 1.82) is 0 Å². The zero-order valence-electron chi connectivity index (χ0n) is 14.5. The van der Waals surface area contributed by atoms with Crippen molar-refractivity contribution in [3.05, 3.63) is 48.0 Å². The van der Waals surface area contributed by atoms with Crippen molar-refractivity contribution in [2.24, 2.45) is 0 Å². The number of likely N-dealkylation sites (tertiary alicyclic amines) is 1. The highest BCUT2D eigenvalue weighted by atomic mass is 16.2. The van der Waals surface area contributed by atoms with E-state index in [-0.39, 0.29) is 11.8 Å². The molecule has 25 heavy (non-hydrogen) atoms. The number of carbonyl (C=O) groups is 1. The lowest BCUT2D eigenvalue weighted by atomic mass is 9.97. The van der Waals surface area contributed by atoms with E-state index in [2.05, 4.69) is 10.1 Å². The van der Waals surface area contributed by atoms with Gasteiger partial charge >= 0.3 is 0 Å². The molecule has 1 aromatic carbocycles. The first-order valence-electron chi connectivity index (χ1n) is 8.90. The largest absolute Gasteiger partial charge is 0.342 e. The molecule has 2 aromatic heterocycles. The van der Waals surface area contributed by atoms with E-state index in [1.54, 1.807) is 0 Å². The maximum Gasteiger partial charge on any atom is 0.224 e. The van der Waals surface area contributed by atoms with E-state index in [4.69, 9.17) is 4.98 Å². The van der Waals surface area contributed by atoms with Crippen LogP contribution in [-0.4, -0.2) is 43.6 Å². The third kappa shape index (κ3) is 3.43. The summed E-state index contributed by atoms with van der Waals surface area (Å²) in [5.41, 5.74) is 3.18. The molecule has 0 aliphatic carbocycles. The second-order valence-corrected chi connectivity index (χ2v) is 6.85. The molecule has 4 rings (SSSR count). The Morgan fingerprint density at radius 3 is 3.04 bits per heavy atom. The van der Waals surface area contributed by atoms with Crippen molar-refractivity contribution in [3.63, 3.8) is 0 Å². The van der Waals surface area contributed by atoms with Crippen molar-refractivity contribution < 1.29 is 4.79 Å². The van der Waals surface area contributed by atoms with Crippen LogP contribution in [0.1, 0.15) is 36.6 Å². The fraction of sp³-hybridized carbons (Fsp3) is 0.421. The van der Waals surface area contributed by atoms with Crippen LogP contribution in [0.3, 0.4) is 0 Å². The molecule has 0 spiro atoms. The zero-order chi connectivity index (χ0) is 17.2. The standard InChI is InChI=1S/C19H23N5O/c1-14-11-20-24(12-14)10-8-18(25)23-9-4-5-15(13-23)19-21-16-6-2-3-7-17(16)22-19/h2-3,6-7,11-12,15H,4-5,8-10,13H2,1H3,(H,21,22)/t15-/m1/s1. The van der Waals surface area contributed by atoms with Gasteiger partial charge in [-0.15, -0.1) is 0 Å². The highest BCUT2D eigenvalue weighted by Crippen LogP contribution is 2.27. The summed E-state index contributed by atoms with van der Waals surface area (Å²) in [6.45, 7) is 4.23. The Kier molecular flexibility index (Phi) is 4.26. The predicted octanol–water partition coefficient (Wildman–Crippen LogP) is 2.86. The lowest BCUT2D eigenvalue weighted by molar-refractivity contribution is -0.132. The van der Waals surface area contributed by atoms with Gasteiger partial charge in [-0.05, 0) is 37.5 Å². The van der Waals surface area contributed by atoms with E-state index in [9.17, 15) is 4.79 Å². The molecule has 0 unspecified atom stereocenters. The summed E-state index contributed by atoms with van der Waals surface area (Å²) in [6.07, 6.45) is 6.38. The average molecular weight is 337 g/mol.